The van der Waals surface area contributed by atoms with Gasteiger partial charge < -0.3 is 14.2 Å². The Hall–Kier alpha value is -4.37. The summed E-state index contributed by atoms with van der Waals surface area (Å²) in [6.07, 6.45) is 0. The average molecular weight is 516 g/mol. The average Bonchev–Trinajstić information content (AvgIpc) is 3.45. The first-order chi connectivity index (χ1) is 18.4. The van der Waals surface area contributed by atoms with Crippen LogP contribution < -0.4 is 24.5 Å². The quantitative estimate of drug-likeness (QED) is 0.480. The van der Waals surface area contributed by atoms with Crippen molar-refractivity contribution in [2.75, 3.05) is 25.7 Å². The molecule has 196 valence electrons. The molecular weight excluding hydrogens is 486 g/mol. The van der Waals surface area contributed by atoms with Crippen LogP contribution >= 0.6 is 0 Å². The van der Waals surface area contributed by atoms with E-state index in [1.165, 1.54) is 19.2 Å². The number of hydrogen-bond donors (Lipinski definition) is 1. The molecule has 5 rings (SSSR count). The summed E-state index contributed by atoms with van der Waals surface area (Å²) in [5.74, 6) is -0.648. The lowest BCUT2D eigenvalue weighted by molar-refractivity contribution is -0.123. The van der Waals surface area contributed by atoms with Gasteiger partial charge in [0, 0.05) is 11.1 Å². The van der Waals surface area contributed by atoms with E-state index < -0.39 is 35.7 Å². The fourth-order valence-electron chi connectivity index (χ4n) is 5.14. The fraction of sp³-hybridized carbons (Fsp3) is 0.276. The second-order valence-corrected chi connectivity index (χ2v) is 9.14. The highest BCUT2D eigenvalue weighted by Gasteiger charge is 2.61. The van der Waals surface area contributed by atoms with Crippen molar-refractivity contribution >= 4 is 23.4 Å². The Morgan fingerprint density at radius 3 is 2.26 bits per heavy atom. The molecule has 3 unspecified atom stereocenters. The third-order valence-corrected chi connectivity index (χ3v) is 6.93. The number of fused-ring (bicyclic) bond motifs is 1. The van der Waals surface area contributed by atoms with Gasteiger partial charge in [-0.05, 0) is 56.3 Å². The molecule has 2 aliphatic rings. The molecule has 1 N–H and O–H groups in total. The highest BCUT2D eigenvalue weighted by Crippen LogP contribution is 2.46. The summed E-state index contributed by atoms with van der Waals surface area (Å²) in [6, 6.07) is 17.4. The maximum Gasteiger partial charge on any atom is 0.268 e. The number of methoxy groups -OCH3 is 2. The molecule has 0 aromatic heterocycles. The molecule has 0 bridgehead atoms. The van der Waals surface area contributed by atoms with Gasteiger partial charge in [0.1, 0.15) is 11.8 Å². The monoisotopic (exact) mass is 515 g/mol. The number of aryl methyl sites for hydroxylation is 1. The zero-order valence-corrected chi connectivity index (χ0v) is 21.6. The van der Waals surface area contributed by atoms with Crippen molar-refractivity contribution in [3.05, 3.63) is 83.4 Å². The second-order valence-electron chi connectivity index (χ2n) is 9.14. The van der Waals surface area contributed by atoms with E-state index in [0.717, 1.165) is 10.5 Å². The number of amides is 3. The van der Waals surface area contributed by atoms with Crippen molar-refractivity contribution in [2.24, 2.45) is 5.92 Å². The van der Waals surface area contributed by atoms with E-state index in [9.17, 15) is 14.4 Å². The SMILES string of the molecule is CCOc1ccc(N2C(=O)C3C(c4cccc(OC)c4OC)NN(C(=O)c4ccc(C)cc4)C3C2=O)cc1. The first kappa shape index (κ1) is 25.3. The molecule has 2 aliphatic heterocycles. The van der Waals surface area contributed by atoms with Crippen molar-refractivity contribution in [1.82, 2.24) is 10.4 Å². The number of hydrazine groups is 1. The summed E-state index contributed by atoms with van der Waals surface area (Å²) >= 11 is 0. The van der Waals surface area contributed by atoms with Gasteiger partial charge in [0.2, 0.25) is 5.91 Å². The lowest BCUT2D eigenvalue weighted by Gasteiger charge is -2.26. The van der Waals surface area contributed by atoms with Crippen LogP contribution in [0.25, 0.3) is 0 Å². The number of hydrogen-bond acceptors (Lipinski definition) is 7. The number of rotatable bonds is 7. The molecule has 3 aromatic carbocycles. The van der Waals surface area contributed by atoms with Gasteiger partial charge in [-0.15, -0.1) is 0 Å². The third kappa shape index (κ3) is 4.14. The predicted octanol–water partition coefficient (Wildman–Crippen LogP) is 3.67. The van der Waals surface area contributed by atoms with E-state index >= 15 is 0 Å². The standard InChI is InChI=1S/C29H29N3O6/c1-5-38-20-15-13-19(14-16-20)31-28(34)23-24(21-7-6-8-22(36-3)26(21)37-4)30-32(25(23)29(31)35)27(33)18-11-9-17(2)10-12-18/h6-16,23-25,30H,5H2,1-4H3. The summed E-state index contributed by atoms with van der Waals surface area (Å²) < 4.78 is 16.6. The van der Waals surface area contributed by atoms with Crippen molar-refractivity contribution in [3.63, 3.8) is 0 Å². The molecule has 9 nitrogen and oxygen atoms in total. The van der Waals surface area contributed by atoms with Gasteiger partial charge in [-0.25, -0.2) is 10.3 Å². The van der Waals surface area contributed by atoms with E-state index in [1.807, 2.05) is 26.0 Å². The van der Waals surface area contributed by atoms with Gasteiger partial charge in [-0.2, -0.15) is 0 Å². The molecule has 0 aliphatic carbocycles. The molecule has 3 atom stereocenters. The van der Waals surface area contributed by atoms with Crippen LogP contribution in [0.4, 0.5) is 5.69 Å². The van der Waals surface area contributed by atoms with Crippen molar-refractivity contribution in [1.29, 1.82) is 0 Å². The number of imide groups is 1. The largest absolute Gasteiger partial charge is 0.494 e. The van der Waals surface area contributed by atoms with Crippen LogP contribution in [0.1, 0.15) is 34.5 Å². The first-order valence-electron chi connectivity index (χ1n) is 12.4. The van der Waals surface area contributed by atoms with Crippen LogP contribution in [-0.4, -0.2) is 49.6 Å². The number of carbonyl (C=O) groups is 3. The lowest BCUT2D eigenvalue weighted by Crippen LogP contribution is -2.48. The van der Waals surface area contributed by atoms with Gasteiger partial charge in [0.15, 0.2) is 11.5 Å². The Morgan fingerprint density at radius 1 is 0.921 bits per heavy atom. The smallest absolute Gasteiger partial charge is 0.268 e. The summed E-state index contributed by atoms with van der Waals surface area (Å²) in [4.78, 5) is 42.6. The summed E-state index contributed by atoms with van der Waals surface area (Å²) in [5.41, 5.74) is 5.59. The van der Waals surface area contributed by atoms with Crippen LogP contribution in [-0.2, 0) is 9.59 Å². The normalized spacial score (nSPS) is 20.5. The molecule has 2 fully saturated rings. The predicted molar refractivity (Wildman–Crippen MR) is 140 cm³/mol. The maximum absolute atomic E-state index is 13.9. The minimum Gasteiger partial charge on any atom is -0.494 e. The molecule has 3 amide bonds. The molecule has 0 spiro atoms. The maximum atomic E-state index is 13.9. The molecule has 0 radical (unpaired) electrons. The van der Waals surface area contributed by atoms with E-state index in [4.69, 9.17) is 14.2 Å². The van der Waals surface area contributed by atoms with Crippen molar-refractivity contribution in [3.8, 4) is 17.2 Å². The zero-order valence-electron chi connectivity index (χ0n) is 21.6. The van der Waals surface area contributed by atoms with Crippen molar-refractivity contribution < 1.29 is 28.6 Å². The minimum absolute atomic E-state index is 0.403. The molecule has 2 saturated heterocycles. The summed E-state index contributed by atoms with van der Waals surface area (Å²) in [6.45, 7) is 4.30. The van der Waals surface area contributed by atoms with Crippen LogP contribution in [0.2, 0.25) is 0 Å². The Balaban J connectivity index is 1.59. The highest BCUT2D eigenvalue weighted by molar-refractivity contribution is 6.25. The van der Waals surface area contributed by atoms with Gasteiger partial charge >= 0.3 is 0 Å². The Labute approximate surface area is 220 Å². The number of anilines is 1. The van der Waals surface area contributed by atoms with E-state index in [-0.39, 0.29) is 0 Å². The van der Waals surface area contributed by atoms with E-state index in [2.05, 4.69) is 5.43 Å². The zero-order chi connectivity index (χ0) is 27.0. The number of nitrogens with one attached hydrogen (secondary N) is 1. The molecule has 2 heterocycles. The topological polar surface area (TPSA) is 97.4 Å². The van der Waals surface area contributed by atoms with E-state index in [1.54, 1.807) is 54.6 Å². The molecule has 0 saturated carbocycles. The Bertz CT molecular complexity index is 1370. The Morgan fingerprint density at radius 2 is 1.63 bits per heavy atom. The minimum atomic E-state index is -1.05. The molecular formula is C29H29N3O6. The summed E-state index contributed by atoms with van der Waals surface area (Å²) in [7, 11) is 3.04. The van der Waals surface area contributed by atoms with Crippen LogP contribution in [0, 0.1) is 12.8 Å². The Kier molecular flexibility index (Phi) is 6.77. The first-order valence-corrected chi connectivity index (χ1v) is 12.4. The second kappa shape index (κ2) is 10.2. The van der Waals surface area contributed by atoms with Gasteiger partial charge in [0.05, 0.1) is 38.5 Å². The molecule has 9 heteroatoms. The highest BCUT2D eigenvalue weighted by atomic mass is 16.5. The van der Waals surface area contributed by atoms with E-state index in [0.29, 0.717) is 40.7 Å². The number of carbonyl (C=O) groups excluding carboxylic acids is 3. The fourth-order valence-corrected chi connectivity index (χ4v) is 5.14. The van der Waals surface area contributed by atoms with Crippen LogP contribution in [0.15, 0.2) is 66.7 Å². The van der Waals surface area contributed by atoms with Gasteiger partial charge in [0.25, 0.3) is 11.8 Å². The van der Waals surface area contributed by atoms with Crippen LogP contribution in [0.5, 0.6) is 17.2 Å². The lowest BCUT2D eigenvalue weighted by atomic mass is 9.90. The van der Waals surface area contributed by atoms with Gasteiger partial charge in [-0.3, -0.25) is 19.4 Å². The number of nitrogens with zero attached hydrogens (tertiary/aromatic N) is 2. The van der Waals surface area contributed by atoms with Crippen LogP contribution in [0.3, 0.4) is 0 Å². The molecule has 3 aromatic rings. The number of benzene rings is 3. The number of para-hydroxylation sites is 1. The van der Waals surface area contributed by atoms with Gasteiger partial charge in [-0.1, -0.05) is 29.8 Å². The number of ether oxygens (including phenoxy) is 3. The summed E-state index contributed by atoms with van der Waals surface area (Å²) in [5, 5.41) is 1.29. The van der Waals surface area contributed by atoms with Crippen molar-refractivity contribution in [2.45, 2.75) is 25.9 Å². The molecule has 38 heavy (non-hydrogen) atoms. The third-order valence-electron chi connectivity index (χ3n) is 6.93.